The molecule has 4 heteroatoms. The first-order chi connectivity index (χ1) is 10.7. The Morgan fingerprint density at radius 3 is 2.50 bits per heavy atom. The minimum absolute atomic E-state index is 0.279. The number of carbonyl (C=O) groups is 1. The van der Waals surface area contributed by atoms with E-state index in [1.54, 1.807) is 19.2 Å². The molecule has 122 valence electrons. The van der Waals surface area contributed by atoms with Crippen molar-refractivity contribution >= 4 is 5.97 Å². The number of unbranched alkanes of at least 4 members (excludes halogenated alkanes) is 3. The van der Waals surface area contributed by atoms with E-state index in [4.69, 9.17) is 9.47 Å². The molecule has 0 radical (unpaired) electrons. The fraction of sp³-hybridized carbons (Fsp3) is 0.611. The molecule has 0 aliphatic heterocycles. The molecule has 0 saturated heterocycles. The number of halogens is 1. The normalized spacial score (nSPS) is 14.6. The van der Waals surface area contributed by atoms with Gasteiger partial charge in [-0.2, -0.15) is 0 Å². The maximum Gasteiger partial charge on any atom is 0.338 e. The molecule has 0 atom stereocenters. The predicted molar refractivity (Wildman–Crippen MR) is 83.6 cm³/mol. The number of benzene rings is 1. The lowest BCUT2D eigenvalue weighted by molar-refractivity contribution is 0.0496. The quantitative estimate of drug-likeness (QED) is 0.499. The molecule has 3 nitrogen and oxygen atoms in total. The van der Waals surface area contributed by atoms with Gasteiger partial charge in [-0.1, -0.05) is 18.9 Å². The van der Waals surface area contributed by atoms with Crippen LogP contribution in [0.2, 0.25) is 0 Å². The van der Waals surface area contributed by atoms with E-state index in [1.807, 2.05) is 0 Å². The van der Waals surface area contributed by atoms with Crippen LogP contribution in [0.25, 0.3) is 0 Å². The summed E-state index contributed by atoms with van der Waals surface area (Å²) in [6, 6.07) is 4.73. The Kier molecular flexibility index (Phi) is 6.84. The van der Waals surface area contributed by atoms with E-state index in [0.717, 1.165) is 57.1 Å². The average Bonchev–Trinajstić information content (AvgIpc) is 2.46. The molecule has 0 spiro atoms. The van der Waals surface area contributed by atoms with Crippen molar-refractivity contribution in [2.75, 3.05) is 20.3 Å². The summed E-state index contributed by atoms with van der Waals surface area (Å²) in [5.74, 6) is -0.383. The van der Waals surface area contributed by atoms with E-state index in [2.05, 4.69) is 0 Å². The first-order valence-corrected chi connectivity index (χ1v) is 8.18. The average molecular weight is 308 g/mol. The summed E-state index contributed by atoms with van der Waals surface area (Å²) >= 11 is 0. The van der Waals surface area contributed by atoms with Gasteiger partial charge < -0.3 is 9.47 Å². The second-order valence-electron chi connectivity index (χ2n) is 5.91. The second-order valence-corrected chi connectivity index (χ2v) is 5.91. The summed E-state index contributed by atoms with van der Waals surface area (Å²) in [5.41, 5.74) is 1.04. The standard InChI is InChI=1S/C18H25FO3/c1-21-11-4-2-3-5-12-22-18(20)15-9-10-16(17(19)13-15)14-7-6-8-14/h9-10,13-14H,2-8,11-12H2,1H3. The lowest BCUT2D eigenvalue weighted by Gasteiger charge is -2.26. The third-order valence-corrected chi connectivity index (χ3v) is 4.26. The maximum atomic E-state index is 14.0. The summed E-state index contributed by atoms with van der Waals surface area (Å²) in [4.78, 5) is 11.9. The maximum absolute atomic E-state index is 14.0. The number of carbonyl (C=O) groups excluding carboxylic acids is 1. The Bertz CT molecular complexity index is 483. The molecule has 1 aromatic carbocycles. The molecule has 0 amide bonds. The molecule has 0 bridgehead atoms. The Morgan fingerprint density at radius 2 is 1.91 bits per heavy atom. The Labute approximate surface area is 131 Å². The van der Waals surface area contributed by atoms with Gasteiger partial charge in [-0.05, 0) is 55.7 Å². The number of hydrogen-bond donors (Lipinski definition) is 0. The fourth-order valence-corrected chi connectivity index (χ4v) is 2.65. The summed E-state index contributed by atoms with van der Waals surface area (Å²) in [6.45, 7) is 1.16. The summed E-state index contributed by atoms with van der Waals surface area (Å²) < 4.78 is 24.2. The molecular formula is C18H25FO3. The van der Waals surface area contributed by atoms with Gasteiger partial charge in [0.25, 0.3) is 0 Å². The van der Waals surface area contributed by atoms with Gasteiger partial charge in [0.2, 0.25) is 0 Å². The van der Waals surface area contributed by atoms with Crippen molar-refractivity contribution in [1.29, 1.82) is 0 Å². The number of esters is 1. The minimum Gasteiger partial charge on any atom is -0.462 e. The first-order valence-electron chi connectivity index (χ1n) is 8.18. The highest BCUT2D eigenvalue weighted by Crippen LogP contribution is 2.37. The van der Waals surface area contributed by atoms with Crippen molar-refractivity contribution in [3.8, 4) is 0 Å². The summed E-state index contributed by atoms with van der Waals surface area (Å²) in [5, 5.41) is 0. The van der Waals surface area contributed by atoms with Gasteiger partial charge in [-0.25, -0.2) is 9.18 Å². The van der Waals surface area contributed by atoms with Gasteiger partial charge in [0.05, 0.1) is 12.2 Å². The largest absolute Gasteiger partial charge is 0.462 e. The van der Waals surface area contributed by atoms with E-state index >= 15 is 0 Å². The highest BCUT2D eigenvalue weighted by Gasteiger charge is 2.23. The van der Waals surface area contributed by atoms with E-state index in [9.17, 15) is 9.18 Å². The molecule has 1 aliphatic rings. The third-order valence-electron chi connectivity index (χ3n) is 4.26. The highest BCUT2D eigenvalue weighted by atomic mass is 19.1. The first kappa shape index (κ1) is 16.9. The van der Waals surface area contributed by atoms with Gasteiger partial charge in [0, 0.05) is 13.7 Å². The van der Waals surface area contributed by atoms with Gasteiger partial charge in [-0.3, -0.25) is 0 Å². The van der Waals surface area contributed by atoms with E-state index in [1.165, 1.54) is 6.07 Å². The molecule has 1 aliphatic carbocycles. The van der Waals surface area contributed by atoms with Crippen LogP contribution in [0.15, 0.2) is 18.2 Å². The van der Waals surface area contributed by atoms with Crippen LogP contribution in [0.4, 0.5) is 4.39 Å². The number of hydrogen-bond acceptors (Lipinski definition) is 3. The molecule has 0 aromatic heterocycles. The van der Waals surface area contributed by atoms with E-state index in [-0.39, 0.29) is 5.82 Å². The molecule has 1 aromatic rings. The van der Waals surface area contributed by atoms with Gasteiger partial charge in [-0.15, -0.1) is 0 Å². The lowest BCUT2D eigenvalue weighted by Crippen LogP contribution is -2.12. The van der Waals surface area contributed by atoms with Crippen molar-refractivity contribution in [2.24, 2.45) is 0 Å². The molecule has 22 heavy (non-hydrogen) atoms. The lowest BCUT2D eigenvalue weighted by atomic mass is 9.79. The van der Waals surface area contributed by atoms with Crippen molar-refractivity contribution in [2.45, 2.75) is 50.9 Å². The third kappa shape index (κ3) is 4.80. The SMILES string of the molecule is COCCCCCCOC(=O)c1ccc(C2CCC2)c(F)c1. The van der Waals surface area contributed by atoms with Crippen LogP contribution in [0, 0.1) is 5.82 Å². The van der Waals surface area contributed by atoms with Crippen molar-refractivity contribution in [1.82, 2.24) is 0 Å². The number of ether oxygens (including phenoxy) is 2. The molecule has 2 rings (SSSR count). The number of rotatable bonds is 9. The fourth-order valence-electron chi connectivity index (χ4n) is 2.65. The van der Waals surface area contributed by atoms with Crippen LogP contribution >= 0.6 is 0 Å². The van der Waals surface area contributed by atoms with Gasteiger partial charge in [0.15, 0.2) is 0 Å². The topological polar surface area (TPSA) is 35.5 Å². The van der Waals surface area contributed by atoms with Gasteiger partial charge >= 0.3 is 5.97 Å². The highest BCUT2D eigenvalue weighted by molar-refractivity contribution is 5.89. The van der Waals surface area contributed by atoms with Crippen LogP contribution in [0.1, 0.15) is 66.8 Å². The molecule has 0 unspecified atom stereocenters. The second kappa shape index (κ2) is 8.89. The predicted octanol–water partition coefficient (Wildman–Crippen LogP) is 4.46. The zero-order valence-corrected chi connectivity index (χ0v) is 13.3. The zero-order chi connectivity index (χ0) is 15.8. The van der Waals surface area contributed by atoms with Crippen molar-refractivity contribution in [3.05, 3.63) is 35.1 Å². The van der Waals surface area contributed by atoms with Crippen LogP contribution in [0.5, 0.6) is 0 Å². The monoisotopic (exact) mass is 308 g/mol. The Morgan fingerprint density at radius 1 is 1.18 bits per heavy atom. The molecule has 1 fully saturated rings. The summed E-state index contributed by atoms with van der Waals surface area (Å²) in [6.07, 6.45) is 7.18. The Balaban J connectivity index is 1.72. The van der Waals surface area contributed by atoms with Crippen LogP contribution in [-0.4, -0.2) is 26.3 Å². The van der Waals surface area contributed by atoms with Crippen LogP contribution in [-0.2, 0) is 9.47 Å². The number of methoxy groups -OCH3 is 1. The van der Waals surface area contributed by atoms with E-state index < -0.39 is 5.97 Å². The van der Waals surface area contributed by atoms with Gasteiger partial charge in [0.1, 0.15) is 5.82 Å². The molecule has 1 saturated carbocycles. The molecule has 0 heterocycles. The smallest absolute Gasteiger partial charge is 0.338 e. The molecular weight excluding hydrogens is 283 g/mol. The summed E-state index contributed by atoms with van der Waals surface area (Å²) in [7, 11) is 1.69. The van der Waals surface area contributed by atoms with Crippen molar-refractivity contribution < 1.29 is 18.7 Å². The minimum atomic E-state index is -0.434. The van der Waals surface area contributed by atoms with Crippen LogP contribution in [0.3, 0.4) is 0 Å². The Hall–Kier alpha value is -1.42. The van der Waals surface area contributed by atoms with E-state index in [0.29, 0.717) is 18.1 Å². The molecule has 0 N–H and O–H groups in total. The zero-order valence-electron chi connectivity index (χ0n) is 13.3. The van der Waals surface area contributed by atoms with Crippen molar-refractivity contribution in [3.63, 3.8) is 0 Å². The van der Waals surface area contributed by atoms with Crippen LogP contribution < -0.4 is 0 Å².